The van der Waals surface area contributed by atoms with Crippen LogP contribution in [-0.2, 0) is 4.74 Å². The van der Waals surface area contributed by atoms with Crippen molar-refractivity contribution in [1.82, 2.24) is 19.9 Å². The van der Waals surface area contributed by atoms with E-state index in [0.29, 0.717) is 52.1 Å². The SMILES string of the molecule is Cc1ncc(Oc2nc(NCCCCCCN)c3c(n2)[nH]c2c(N(C)C(=O)OC(C)(C)C)cc(F)cc23)c(C)c1C(=O)O. The molecule has 5 N–H and O–H groups in total. The number of H-pyrrole nitrogens is 1. The summed E-state index contributed by atoms with van der Waals surface area (Å²) in [7, 11) is 1.50. The van der Waals surface area contributed by atoms with Crippen LogP contribution in [0.1, 0.15) is 68.1 Å². The molecule has 0 saturated heterocycles. The lowest BCUT2D eigenvalue weighted by Gasteiger charge is -2.25. The van der Waals surface area contributed by atoms with Crippen molar-refractivity contribution in [3.63, 3.8) is 0 Å². The Morgan fingerprint density at radius 2 is 1.86 bits per heavy atom. The minimum atomic E-state index is -1.12. The Labute approximate surface area is 248 Å². The van der Waals surface area contributed by atoms with Gasteiger partial charge < -0.3 is 30.6 Å². The lowest BCUT2D eigenvalue weighted by atomic mass is 10.1. The molecule has 0 atom stereocenters. The number of anilines is 2. The quantitative estimate of drug-likeness (QED) is 0.150. The van der Waals surface area contributed by atoms with Gasteiger partial charge in [0.1, 0.15) is 22.9 Å². The first-order valence-electron chi connectivity index (χ1n) is 14.1. The zero-order chi connectivity index (χ0) is 31.5. The summed E-state index contributed by atoms with van der Waals surface area (Å²) in [6, 6.07) is 2.52. The number of hydrogen-bond donors (Lipinski definition) is 4. The van der Waals surface area contributed by atoms with Gasteiger partial charge in [0.15, 0.2) is 5.75 Å². The predicted molar refractivity (Wildman–Crippen MR) is 163 cm³/mol. The summed E-state index contributed by atoms with van der Waals surface area (Å²) in [5.41, 5.74) is 6.64. The number of rotatable bonds is 11. The summed E-state index contributed by atoms with van der Waals surface area (Å²) < 4.78 is 26.5. The average Bonchev–Trinajstić information content (AvgIpc) is 3.28. The van der Waals surface area contributed by atoms with Gasteiger partial charge in [-0.25, -0.2) is 14.0 Å². The monoisotopic (exact) mass is 595 g/mol. The van der Waals surface area contributed by atoms with Crippen LogP contribution in [0.2, 0.25) is 0 Å². The molecule has 4 rings (SSSR count). The van der Waals surface area contributed by atoms with Crippen LogP contribution in [0.5, 0.6) is 11.8 Å². The number of nitrogens with zero attached hydrogens (tertiary/aromatic N) is 4. The molecular formula is C30H38FN7O5. The number of nitrogens with two attached hydrogens (primary N) is 1. The summed E-state index contributed by atoms with van der Waals surface area (Å²) in [5.74, 6) is -1.12. The molecule has 12 nitrogen and oxygen atoms in total. The van der Waals surface area contributed by atoms with Crippen molar-refractivity contribution >= 4 is 45.5 Å². The van der Waals surface area contributed by atoms with E-state index in [1.54, 1.807) is 34.6 Å². The van der Waals surface area contributed by atoms with E-state index in [9.17, 15) is 14.7 Å². The Morgan fingerprint density at radius 3 is 2.53 bits per heavy atom. The van der Waals surface area contributed by atoms with E-state index in [-0.39, 0.29) is 23.0 Å². The van der Waals surface area contributed by atoms with E-state index >= 15 is 4.39 Å². The van der Waals surface area contributed by atoms with Crippen LogP contribution in [0.4, 0.5) is 20.7 Å². The number of benzene rings is 1. The summed E-state index contributed by atoms with van der Waals surface area (Å²) in [4.78, 5) is 42.4. The molecule has 43 heavy (non-hydrogen) atoms. The second kappa shape index (κ2) is 12.8. The summed E-state index contributed by atoms with van der Waals surface area (Å²) in [5, 5.41) is 13.9. The van der Waals surface area contributed by atoms with Crippen molar-refractivity contribution in [3.8, 4) is 11.8 Å². The van der Waals surface area contributed by atoms with Crippen LogP contribution in [0, 0.1) is 19.7 Å². The van der Waals surface area contributed by atoms with Gasteiger partial charge >= 0.3 is 18.1 Å². The van der Waals surface area contributed by atoms with E-state index in [0.717, 1.165) is 25.7 Å². The summed E-state index contributed by atoms with van der Waals surface area (Å²) in [6.07, 6.45) is 4.50. The molecule has 13 heteroatoms. The minimum absolute atomic E-state index is 0.0327. The Balaban J connectivity index is 1.82. The fraction of sp³-hybridized carbons (Fsp3) is 0.433. The molecule has 3 heterocycles. The van der Waals surface area contributed by atoms with Gasteiger partial charge in [-0.2, -0.15) is 9.97 Å². The smallest absolute Gasteiger partial charge is 0.414 e. The molecule has 230 valence electrons. The van der Waals surface area contributed by atoms with Gasteiger partial charge in [0.2, 0.25) is 0 Å². The van der Waals surface area contributed by atoms with Gasteiger partial charge in [-0.05, 0) is 66.1 Å². The third kappa shape index (κ3) is 7.11. The second-order valence-corrected chi connectivity index (χ2v) is 11.3. The molecule has 0 aliphatic heterocycles. The number of aryl methyl sites for hydroxylation is 1. The molecule has 0 saturated carbocycles. The Kier molecular flexibility index (Phi) is 9.34. The number of carboxylic acids is 1. The molecule has 0 aliphatic rings. The van der Waals surface area contributed by atoms with Gasteiger partial charge in [0.25, 0.3) is 0 Å². The number of unbranched alkanes of at least 4 members (excludes halogenated alkanes) is 3. The van der Waals surface area contributed by atoms with E-state index in [2.05, 4.69) is 25.3 Å². The van der Waals surface area contributed by atoms with E-state index in [1.165, 1.54) is 30.3 Å². The highest BCUT2D eigenvalue weighted by Gasteiger charge is 2.25. The Bertz CT molecular complexity index is 1660. The first-order chi connectivity index (χ1) is 20.3. The van der Waals surface area contributed by atoms with Gasteiger partial charge in [0.05, 0.1) is 34.0 Å². The molecule has 0 radical (unpaired) electrons. The fourth-order valence-electron chi connectivity index (χ4n) is 4.75. The number of amides is 1. The van der Waals surface area contributed by atoms with Gasteiger partial charge in [0, 0.05) is 24.5 Å². The summed E-state index contributed by atoms with van der Waals surface area (Å²) >= 11 is 0. The largest absolute Gasteiger partial charge is 0.478 e. The number of ether oxygens (including phenoxy) is 2. The number of carboxylic acid groups (broad SMARTS) is 1. The molecule has 0 spiro atoms. The second-order valence-electron chi connectivity index (χ2n) is 11.3. The highest BCUT2D eigenvalue weighted by molar-refractivity contribution is 6.15. The number of halogens is 1. The van der Waals surface area contributed by atoms with Crippen molar-refractivity contribution < 1.29 is 28.6 Å². The number of pyridine rings is 1. The maximum atomic E-state index is 15.0. The average molecular weight is 596 g/mol. The maximum Gasteiger partial charge on any atom is 0.414 e. The molecule has 0 fully saturated rings. The standard InChI is InChI=1S/C30H38FN7O5/c1-16-21(15-34-17(2)22(16)27(39)40)42-28-36-25(33-12-10-8-7-9-11-32)23-19-13-18(31)14-20(24(19)35-26(23)37-28)38(6)29(41)43-30(3,4)5/h13-15H,7-12,32H2,1-6H3,(H,39,40)(H2,33,35,36,37). The Hall–Kier alpha value is -4.52. The van der Waals surface area contributed by atoms with Crippen molar-refractivity contribution in [2.24, 2.45) is 5.73 Å². The van der Waals surface area contributed by atoms with E-state index < -0.39 is 23.5 Å². The van der Waals surface area contributed by atoms with E-state index in [1.807, 2.05) is 0 Å². The number of carbonyl (C=O) groups is 2. The Morgan fingerprint density at radius 1 is 1.14 bits per heavy atom. The molecular weight excluding hydrogens is 557 g/mol. The molecule has 0 unspecified atom stereocenters. The molecule has 1 aromatic carbocycles. The molecule has 4 aromatic rings. The third-order valence-electron chi connectivity index (χ3n) is 6.83. The number of carbonyl (C=O) groups excluding carboxylic acids is 1. The molecule has 0 aliphatic carbocycles. The van der Waals surface area contributed by atoms with Crippen molar-refractivity contribution in [2.45, 2.75) is 65.9 Å². The number of aromatic nitrogens is 4. The topological polar surface area (TPSA) is 169 Å². The maximum absolute atomic E-state index is 15.0. The highest BCUT2D eigenvalue weighted by Crippen LogP contribution is 2.37. The normalized spacial score (nSPS) is 11.6. The van der Waals surface area contributed by atoms with Crippen LogP contribution in [0.3, 0.4) is 0 Å². The number of hydrogen-bond acceptors (Lipinski definition) is 9. The zero-order valence-electron chi connectivity index (χ0n) is 25.3. The zero-order valence-corrected chi connectivity index (χ0v) is 25.3. The number of nitrogens with one attached hydrogen (secondary N) is 2. The minimum Gasteiger partial charge on any atom is -0.478 e. The van der Waals surface area contributed by atoms with Crippen LogP contribution in [0.25, 0.3) is 21.9 Å². The number of aromatic carboxylic acids is 1. The summed E-state index contributed by atoms with van der Waals surface area (Å²) in [6.45, 7) is 9.68. The highest BCUT2D eigenvalue weighted by atomic mass is 19.1. The molecule has 3 aromatic heterocycles. The lowest BCUT2D eigenvalue weighted by Crippen LogP contribution is -2.34. The van der Waals surface area contributed by atoms with Crippen LogP contribution in [-0.4, -0.2) is 62.8 Å². The van der Waals surface area contributed by atoms with Crippen molar-refractivity contribution in [1.29, 1.82) is 0 Å². The number of fused-ring (bicyclic) bond motifs is 3. The van der Waals surface area contributed by atoms with Crippen molar-refractivity contribution in [3.05, 3.63) is 41.0 Å². The predicted octanol–water partition coefficient (Wildman–Crippen LogP) is 6.05. The number of aromatic amines is 1. The van der Waals surface area contributed by atoms with Crippen LogP contribution < -0.4 is 20.7 Å². The van der Waals surface area contributed by atoms with Crippen molar-refractivity contribution in [2.75, 3.05) is 30.4 Å². The van der Waals surface area contributed by atoms with Crippen LogP contribution >= 0.6 is 0 Å². The molecule has 1 amide bonds. The fourth-order valence-corrected chi connectivity index (χ4v) is 4.75. The first kappa shape index (κ1) is 31.4. The lowest BCUT2D eigenvalue weighted by molar-refractivity contribution is 0.0588. The van der Waals surface area contributed by atoms with E-state index in [4.69, 9.17) is 15.2 Å². The molecule has 0 bridgehead atoms. The van der Waals surface area contributed by atoms with Gasteiger partial charge in [-0.1, -0.05) is 12.8 Å². The van der Waals surface area contributed by atoms with Gasteiger partial charge in [-0.15, -0.1) is 0 Å². The van der Waals surface area contributed by atoms with Gasteiger partial charge in [-0.3, -0.25) is 9.88 Å². The van der Waals surface area contributed by atoms with Crippen LogP contribution in [0.15, 0.2) is 18.3 Å². The first-order valence-corrected chi connectivity index (χ1v) is 14.1. The third-order valence-corrected chi connectivity index (χ3v) is 6.83.